The molecule has 0 radical (unpaired) electrons. The number of rotatable bonds is 5. The number of carbonyl (C=O) groups is 1. The Morgan fingerprint density at radius 3 is 2.35 bits per heavy atom. The summed E-state index contributed by atoms with van der Waals surface area (Å²) in [6.07, 6.45) is -7.72. The maximum Gasteiger partial charge on any atom is 0.416 e. The predicted molar refractivity (Wildman–Crippen MR) is 63.3 cm³/mol. The topological polar surface area (TPSA) is 89.8 Å². The van der Waals surface area contributed by atoms with Gasteiger partial charge in [-0.1, -0.05) is 0 Å². The molecule has 0 amide bonds. The van der Waals surface area contributed by atoms with Crippen molar-refractivity contribution in [3.63, 3.8) is 0 Å². The van der Waals surface area contributed by atoms with Crippen LogP contribution in [0.5, 0.6) is 0 Å². The van der Waals surface area contributed by atoms with Gasteiger partial charge in [0.1, 0.15) is 6.10 Å². The molecule has 0 bridgehead atoms. The van der Waals surface area contributed by atoms with E-state index >= 15 is 0 Å². The van der Waals surface area contributed by atoms with Crippen molar-refractivity contribution >= 4 is 5.97 Å². The summed E-state index contributed by atoms with van der Waals surface area (Å²) in [5.74, 6) is -1.55. The van der Waals surface area contributed by atoms with E-state index in [-0.39, 0.29) is 12.1 Å². The van der Waals surface area contributed by atoms with Gasteiger partial charge in [-0.2, -0.15) is 13.2 Å². The summed E-state index contributed by atoms with van der Waals surface area (Å²) in [6.45, 7) is -0.0557. The third-order valence-electron chi connectivity index (χ3n) is 2.65. The van der Waals surface area contributed by atoms with E-state index in [1.165, 1.54) is 7.05 Å². The van der Waals surface area contributed by atoms with E-state index in [2.05, 4.69) is 5.32 Å². The Bertz CT molecular complexity index is 490. The molecule has 1 aromatic carbocycles. The van der Waals surface area contributed by atoms with Crippen LogP contribution in [0.15, 0.2) is 18.2 Å². The van der Waals surface area contributed by atoms with Crippen LogP contribution in [0.3, 0.4) is 0 Å². The number of aromatic carboxylic acids is 1. The molecule has 0 heterocycles. The van der Waals surface area contributed by atoms with Crippen LogP contribution in [-0.2, 0) is 6.18 Å². The molecular formula is C12H14F3NO4. The Kier molecular flexibility index (Phi) is 5.09. The van der Waals surface area contributed by atoms with Gasteiger partial charge in [-0.15, -0.1) is 0 Å². The number of aliphatic hydroxyl groups excluding tert-OH is 2. The Balaban J connectivity index is 3.25. The highest BCUT2D eigenvalue weighted by molar-refractivity contribution is 5.88. The molecule has 1 aromatic rings. The molecule has 2 atom stereocenters. The molecule has 20 heavy (non-hydrogen) atoms. The number of hydrogen-bond donors (Lipinski definition) is 4. The van der Waals surface area contributed by atoms with Crippen molar-refractivity contribution in [3.8, 4) is 0 Å². The summed E-state index contributed by atoms with van der Waals surface area (Å²) in [4.78, 5) is 10.8. The SMILES string of the molecule is CNCC(O)C(O)c1cc(C(=O)O)cc(C(F)(F)F)c1. The second-order valence-corrected chi connectivity index (χ2v) is 4.22. The van der Waals surface area contributed by atoms with Crippen LogP contribution in [0, 0.1) is 0 Å². The number of benzene rings is 1. The van der Waals surface area contributed by atoms with Crippen molar-refractivity contribution in [2.45, 2.75) is 18.4 Å². The maximum absolute atomic E-state index is 12.7. The Morgan fingerprint density at radius 1 is 1.30 bits per heavy atom. The first-order chi connectivity index (χ1) is 9.16. The number of alkyl halides is 3. The summed E-state index contributed by atoms with van der Waals surface area (Å²) in [7, 11) is 1.49. The van der Waals surface area contributed by atoms with E-state index in [0.717, 1.165) is 6.07 Å². The lowest BCUT2D eigenvalue weighted by Gasteiger charge is -2.19. The Hall–Kier alpha value is -1.64. The van der Waals surface area contributed by atoms with Crippen LogP contribution in [0.4, 0.5) is 13.2 Å². The highest BCUT2D eigenvalue weighted by Crippen LogP contribution is 2.32. The molecule has 8 heteroatoms. The average Bonchev–Trinajstić information content (AvgIpc) is 2.36. The molecule has 0 aliphatic rings. The molecule has 112 valence electrons. The molecule has 0 aliphatic heterocycles. The number of carboxylic acid groups (broad SMARTS) is 1. The van der Waals surface area contributed by atoms with Gasteiger partial charge in [0.05, 0.1) is 17.2 Å². The zero-order valence-electron chi connectivity index (χ0n) is 10.5. The Morgan fingerprint density at radius 2 is 1.90 bits per heavy atom. The molecule has 0 aromatic heterocycles. The zero-order chi connectivity index (χ0) is 15.5. The van der Waals surface area contributed by atoms with Gasteiger partial charge in [0.25, 0.3) is 0 Å². The van der Waals surface area contributed by atoms with Crippen molar-refractivity contribution < 1.29 is 33.3 Å². The quantitative estimate of drug-likeness (QED) is 0.651. The van der Waals surface area contributed by atoms with E-state index in [4.69, 9.17) is 5.11 Å². The van der Waals surface area contributed by atoms with Gasteiger partial charge >= 0.3 is 12.1 Å². The number of halogens is 3. The molecule has 0 fully saturated rings. The van der Waals surface area contributed by atoms with Crippen LogP contribution in [0.25, 0.3) is 0 Å². The first-order valence-corrected chi connectivity index (χ1v) is 5.63. The second kappa shape index (κ2) is 6.21. The summed E-state index contributed by atoms with van der Waals surface area (Å²) in [5.41, 5.74) is -2.10. The number of nitrogens with one attached hydrogen (secondary N) is 1. The van der Waals surface area contributed by atoms with Crippen LogP contribution in [0.2, 0.25) is 0 Å². The van der Waals surface area contributed by atoms with Crippen LogP contribution < -0.4 is 5.32 Å². The van der Waals surface area contributed by atoms with Gasteiger partial charge in [-0.05, 0) is 30.8 Å². The van der Waals surface area contributed by atoms with Gasteiger partial charge < -0.3 is 20.6 Å². The van der Waals surface area contributed by atoms with Gasteiger partial charge in [-0.25, -0.2) is 4.79 Å². The standard InChI is InChI=1S/C12H14F3NO4/c1-16-5-9(17)10(18)6-2-7(11(19)20)4-8(3-6)12(13,14)15/h2-4,9-10,16-18H,5H2,1H3,(H,19,20). The van der Waals surface area contributed by atoms with Crippen molar-refractivity contribution in [3.05, 3.63) is 34.9 Å². The normalized spacial score (nSPS) is 14.9. The van der Waals surface area contributed by atoms with Crippen LogP contribution in [-0.4, -0.2) is 41.0 Å². The highest BCUT2D eigenvalue weighted by Gasteiger charge is 2.33. The lowest BCUT2D eigenvalue weighted by molar-refractivity contribution is -0.137. The minimum Gasteiger partial charge on any atom is -0.478 e. The fraction of sp³-hybridized carbons (Fsp3) is 0.417. The van der Waals surface area contributed by atoms with E-state index in [1.54, 1.807) is 0 Å². The number of hydrogen-bond acceptors (Lipinski definition) is 4. The van der Waals surface area contributed by atoms with Crippen molar-refractivity contribution in [2.75, 3.05) is 13.6 Å². The lowest BCUT2D eigenvalue weighted by atomic mass is 9.98. The molecule has 4 N–H and O–H groups in total. The third-order valence-corrected chi connectivity index (χ3v) is 2.65. The molecule has 2 unspecified atom stereocenters. The minimum atomic E-state index is -4.74. The van der Waals surface area contributed by atoms with E-state index in [0.29, 0.717) is 12.1 Å². The van der Waals surface area contributed by atoms with Crippen molar-refractivity contribution in [1.82, 2.24) is 5.32 Å². The van der Waals surface area contributed by atoms with E-state index in [9.17, 15) is 28.2 Å². The molecule has 0 saturated heterocycles. The summed E-state index contributed by atoms with van der Waals surface area (Å²) in [5, 5.41) is 30.7. The minimum absolute atomic E-state index is 0.0557. The van der Waals surface area contributed by atoms with Crippen LogP contribution >= 0.6 is 0 Å². The van der Waals surface area contributed by atoms with Gasteiger partial charge in [0, 0.05) is 6.54 Å². The number of aliphatic hydroxyl groups is 2. The molecular weight excluding hydrogens is 279 g/mol. The molecule has 5 nitrogen and oxygen atoms in total. The summed E-state index contributed by atoms with van der Waals surface area (Å²) >= 11 is 0. The van der Waals surface area contributed by atoms with Crippen LogP contribution in [0.1, 0.15) is 27.6 Å². The highest BCUT2D eigenvalue weighted by atomic mass is 19.4. The van der Waals surface area contributed by atoms with Gasteiger partial charge in [0.2, 0.25) is 0 Å². The maximum atomic E-state index is 12.7. The molecule has 0 aliphatic carbocycles. The van der Waals surface area contributed by atoms with Crippen molar-refractivity contribution in [2.24, 2.45) is 0 Å². The molecule has 1 rings (SSSR count). The number of likely N-dealkylation sites (N-methyl/N-ethyl adjacent to an activating group) is 1. The largest absolute Gasteiger partial charge is 0.478 e. The van der Waals surface area contributed by atoms with E-state index < -0.39 is 35.5 Å². The molecule has 0 spiro atoms. The fourth-order valence-corrected chi connectivity index (χ4v) is 1.65. The smallest absolute Gasteiger partial charge is 0.416 e. The summed E-state index contributed by atoms with van der Waals surface area (Å²) in [6, 6.07) is 2.00. The second-order valence-electron chi connectivity index (χ2n) is 4.22. The first kappa shape index (κ1) is 16.4. The van der Waals surface area contributed by atoms with Gasteiger partial charge in [-0.3, -0.25) is 0 Å². The average molecular weight is 293 g/mol. The zero-order valence-corrected chi connectivity index (χ0v) is 10.5. The molecule has 0 saturated carbocycles. The Labute approximate surface area is 112 Å². The monoisotopic (exact) mass is 293 g/mol. The van der Waals surface area contributed by atoms with Crippen molar-refractivity contribution in [1.29, 1.82) is 0 Å². The fourth-order valence-electron chi connectivity index (χ4n) is 1.65. The predicted octanol–water partition coefficient (Wildman–Crippen LogP) is 1.02. The third kappa shape index (κ3) is 3.92. The summed E-state index contributed by atoms with van der Waals surface area (Å²) < 4.78 is 38.0. The number of carboxylic acids is 1. The van der Waals surface area contributed by atoms with Gasteiger partial charge in [0.15, 0.2) is 0 Å². The lowest BCUT2D eigenvalue weighted by Crippen LogP contribution is -2.30. The van der Waals surface area contributed by atoms with E-state index in [1.807, 2.05) is 0 Å². The first-order valence-electron chi connectivity index (χ1n) is 5.63.